The molecular weight excluding hydrogens is 374 g/mol. The Bertz CT molecular complexity index is 587. The third-order valence-electron chi connectivity index (χ3n) is 2.51. The van der Waals surface area contributed by atoms with Gasteiger partial charge in [0.15, 0.2) is 5.17 Å². The van der Waals surface area contributed by atoms with Gasteiger partial charge in [-0.3, -0.25) is 0 Å². The van der Waals surface area contributed by atoms with Gasteiger partial charge in [0.05, 0.1) is 5.69 Å². The van der Waals surface area contributed by atoms with Crippen LogP contribution in [0.25, 0.3) is 11.1 Å². The first-order valence-corrected chi connectivity index (χ1v) is 6.67. The van der Waals surface area contributed by atoms with E-state index in [1.54, 1.807) is 18.2 Å². The predicted octanol–water partition coefficient (Wildman–Crippen LogP) is 4.42. The number of halogens is 2. The number of thioether (sulfide) groups is 1. The van der Waals surface area contributed by atoms with E-state index < -0.39 is 0 Å². The molecule has 0 bridgehead atoms. The van der Waals surface area contributed by atoms with Crippen LogP contribution < -0.4 is 5.73 Å². The van der Waals surface area contributed by atoms with E-state index in [1.165, 1.54) is 17.8 Å². The lowest BCUT2D eigenvalue weighted by Crippen LogP contribution is -2.04. The first-order valence-electron chi connectivity index (χ1n) is 5.44. The maximum atomic E-state index is 13.8. The largest absolute Gasteiger partial charge is 0.378 e. The summed E-state index contributed by atoms with van der Waals surface area (Å²) >= 11 is 1.36. The van der Waals surface area contributed by atoms with Gasteiger partial charge in [0, 0.05) is 11.1 Å². The number of benzene rings is 2. The Morgan fingerprint density at radius 2 is 1.63 bits per heavy atom. The fourth-order valence-corrected chi connectivity index (χ4v) is 1.83. The highest BCUT2D eigenvalue weighted by molar-refractivity contribution is 14.0. The molecule has 0 saturated carbocycles. The molecule has 2 rings (SSSR count). The second kappa shape index (κ2) is 7.49. The Kier molecular flexibility index (Phi) is 6.30. The van der Waals surface area contributed by atoms with Crippen LogP contribution in [-0.4, -0.2) is 11.4 Å². The van der Waals surface area contributed by atoms with E-state index >= 15 is 0 Å². The molecule has 0 aliphatic carbocycles. The van der Waals surface area contributed by atoms with E-state index in [2.05, 4.69) is 4.99 Å². The van der Waals surface area contributed by atoms with Crippen LogP contribution in [0.3, 0.4) is 0 Å². The van der Waals surface area contributed by atoms with Gasteiger partial charge < -0.3 is 5.73 Å². The summed E-state index contributed by atoms with van der Waals surface area (Å²) in [7, 11) is 0. The van der Waals surface area contributed by atoms with Gasteiger partial charge in [-0.15, -0.1) is 24.0 Å². The van der Waals surface area contributed by atoms with Crippen LogP contribution in [0.5, 0.6) is 0 Å². The van der Waals surface area contributed by atoms with Crippen molar-refractivity contribution in [2.45, 2.75) is 0 Å². The summed E-state index contributed by atoms with van der Waals surface area (Å²) in [6.45, 7) is 0. The Labute approximate surface area is 133 Å². The van der Waals surface area contributed by atoms with Crippen molar-refractivity contribution in [1.29, 1.82) is 0 Å². The molecule has 5 heteroatoms. The minimum atomic E-state index is -0.261. The zero-order chi connectivity index (χ0) is 13.0. The van der Waals surface area contributed by atoms with E-state index in [-0.39, 0.29) is 29.8 Å². The van der Waals surface area contributed by atoms with Crippen molar-refractivity contribution in [3.8, 4) is 11.1 Å². The van der Waals surface area contributed by atoms with Gasteiger partial charge in [0.1, 0.15) is 5.82 Å². The molecule has 0 aliphatic rings. The minimum Gasteiger partial charge on any atom is -0.378 e. The fraction of sp³-hybridized carbons (Fsp3) is 0.0714. The number of aliphatic imine (C=N–C) groups is 1. The summed E-state index contributed by atoms with van der Waals surface area (Å²) in [5, 5.41) is 0.457. The van der Waals surface area contributed by atoms with Gasteiger partial charge in [-0.2, -0.15) is 0 Å². The Morgan fingerprint density at radius 1 is 1.05 bits per heavy atom. The van der Waals surface area contributed by atoms with Crippen LogP contribution in [0, 0.1) is 5.82 Å². The highest BCUT2D eigenvalue weighted by Gasteiger charge is 2.08. The lowest BCUT2D eigenvalue weighted by atomic mass is 10.0. The van der Waals surface area contributed by atoms with E-state index in [9.17, 15) is 4.39 Å². The molecule has 2 aromatic rings. The molecule has 0 aromatic heterocycles. The molecule has 0 radical (unpaired) electrons. The standard InChI is InChI=1S/C14H13FN2S.HI/c1-18-14(16)17-13-9-5-3-7-11(13)10-6-2-4-8-12(10)15;/h2-9H,1H3,(H2,16,17);1H. The van der Waals surface area contributed by atoms with Crippen LogP contribution in [0.2, 0.25) is 0 Å². The van der Waals surface area contributed by atoms with Gasteiger partial charge in [-0.05, 0) is 18.4 Å². The molecule has 0 unspecified atom stereocenters. The van der Waals surface area contributed by atoms with Gasteiger partial charge in [-0.1, -0.05) is 48.2 Å². The third kappa shape index (κ3) is 3.94. The zero-order valence-corrected chi connectivity index (χ0v) is 13.5. The van der Waals surface area contributed by atoms with Crippen molar-refractivity contribution in [1.82, 2.24) is 0 Å². The van der Waals surface area contributed by atoms with Crippen molar-refractivity contribution in [2.24, 2.45) is 10.7 Å². The molecule has 0 aliphatic heterocycles. The summed E-state index contributed by atoms with van der Waals surface area (Å²) in [6, 6.07) is 14.0. The number of hydrogen-bond acceptors (Lipinski definition) is 2. The smallest absolute Gasteiger partial charge is 0.158 e. The monoisotopic (exact) mass is 388 g/mol. The van der Waals surface area contributed by atoms with Gasteiger partial charge in [0.25, 0.3) is 0 Å². The Morgan fingerprint density at radius 3 is 2.26 bits per heavy atom. The average Bonchev–Trinajstić information content (AvgIpc) is 2.40. The molecule has 2 N–H and O–H groups in total. The van der Waals surface area contributed by atoms with Crippen LogP contribution in [0.4, 0.5) is 10.1 Å². The molecule has 19 heavy (non-hydrogen) atoms. The topological polar surface area (TPSA) is 38.4 Å². The first kappa shape index (κ1) is 16.0. The second-order valence-corrected chi connectivity index (χ2v) is 4.48. The molecule has 2 nitrogen and oxygen atoms in total. The van der Waals surface area contributed by atoms with Crippen molar-refractivity contribution in [3.63, 3.8) is 0 Å². The van der Waals surface area contributed by atoms with E-state index in [0.29, 0.717) is 16.4 Å². The fourth-order valence-electron chi connectivity index (χ4n) is 1.64. The second-order valence-electron chi connectivity index (χ2n) is 3.65. The first-order chi connectivity index (χ1) is 8.72. The zero-order valence-electron chi connectivity index (χ0n) is 10.3. The Balaban J connectivity index is 0.00000180. The van der Waals surface area contributed by atoms with E-state index in [0.717, 1.165) is 5.56 Å². The van der Waals surface area contributed by atoms with Crippen molar-refractivity contribution >= 4 is 46.6 Å². The van der Waals surface area contributed by atoms with Crippen LogP contribution in [-0.2, 0) is 0 Å². The highest BCUT2D eigenvalue weighted by Crippen LogP contribution is 2.31. The Hall–Kier alpha value is -1.08. The molecule has 0 heterocycles. The molecule has 0 saturated heterocycles. The summed E-state index contributed by atoms with van der Waals surface area (Å²) in [6.07, 6.45) is 1.85. The quantitative estimate of drug-likeness (QED) is 0.470. The number of hydrogen-bond donors (Lipinski definition) is 1. The molecule has 0 spiro atoms. The lowest BCUT2D eigenvalue weighted by Gasteiger charge is -2.07. The summed E-state index contributed by atoms with van der Waals surface area (Å²) in [5.41, 5.74) is 7.66. The van der Waals surface area contributed by atoms with Crippen molar-refractivity contribution < 1.29 is 4.39 Å². The normalized spacial score (nSPS) is 10.9. The maximum Gasteiger partial charge on any atom is 0.158 e. The molecule has 100 valence electrons. The van der Waals surface area contributed by atoms with Gasteiger partial charge >= 0.3 is 0 Å². The molecule has 0 atom stereocenters. The van der Waals surface area contributed by atoms with Crippen LogP contribution in [0.1, 0.15) is 0 Å². The SMILES string of the molecule is CSC(N)=Nc1ccccc1-c1ccccc1F.I. The highest BCUT2D eigenvalue weighted by atomic mass is 127. The average molecular weight is 388 g/mol. The van der Waals surface area contributed by atoms with Crippen molar-refractivity contribution in [2.75, 3.05) is 6.26 Å². The van der Waals surface area contributed by atoms with E-state index in [1.807, 2.05) is 30.5 Å². The molecule has 2 aromatic carbocycles. The third-order valence-corrected chi connectivity index (χ3v) is 3.02. The maximum absolute atomic E-state index is 13.8. The van der Waals surface area contributed by atoms with Crippen LogP contribution >= 0.6 is 35.7 Å². The molecular formula is C14H14FIN2S. The summed E-state index contributed by atoms with van der Waals surface area (Å²) in [5.74, 6) is -0.261. The van der Waals surface area contributed by atoms with Gasteiger partial charge in [-0.25, -0.2) is 9.38 Å². The van der Waals surface area contributed by atoms with Crippen molar-refractivity contribution in [3.05, 3.63) is 54.3 Å². The molecule has 0 fully saturated rings. The summed E-state index contributed by atoms with van der Waals surface area (Å²) < 4.78 is 13.8. The number of rotatable bonds is 2. The lowest BCUT2D eigenvalue weighted by molar-refractivity contribution is 0.631. The van der Waals surface area contributed by atoms with Crippen LogP contribution in [0.15, 0.2) is 53.5 Å². The number of para-hydroxylation sites is 1. The minimum absolute atomic E-state index is 0. The summed E-state index contributed by atoms with van der Waals surface area (Å²) in [4.78, 5) is 4.29. The number of nitrogens with two attached hydrogens (primary N) is 1. The van der Waals surface area contributed by atoms with Gasteiger partial charge in [0.2, 0.25) is 0 Å². The molecule has 0 amide bonds. The number of amidine groups is 1. The predicted molar refractivity (Wildman–Crippen MR) is 92.0 cm³/mol. The van der Waals surface area contributed by atoms with E-state index in [4.69, 9.17) is 5.73 Å². The number of nitrogens with zero attached hydrogens (tertiary/aromatic N) is 1.